The molecule has 2 aromatic carbocycles. The number of rotatable bonds is 8. The molecule has 0 aliphatic rings. The molecule has 1 amide bonds. The monoisotopic (exact) mass is 321 g/mol. The lowest BCUT2D eigenvalue weighted by molar-refractivity contribution is -0.116. The summed E-state index contributed by atoms with van der Waals surface area (Å²) in [5, 5.41) is 2.93. The van der Waals surface area contributed by atoms with Gasteiger partial charge in [0.05, 0.1) is 0 Å². The van der Waals surface area contributed by atoms with Crippen LogP contribution < -0.4 is 10.1 Å². The summed E-state index contributed by atoms with van der Waals surface area (Å²) in [6, 6.07) is 17.7. The standard InChI is InChI=1S/C21H23NO2/c1-3-15-24-20-12-9-18(10-13-20)11-14-21(23)22-16-17(2)19-7-5-4-6-8-19/h3-14,17H,1,15-16H2,2H3,(H,22,23)/b14-11+/t17-/m1/s1. The van der Waals surface area contributed by atoms with Crippen LogP contribution in [0.15, 0.2) is 73.3 Å². The predicted octanol–water partition coefficient (Wildman–Crippen LogP) is 4.18. The highest BCUT2D eigenvalue weighted by molar-refractivity contribution is 5.91. The number of amides is 1. The molecule has 0 radical (unpaired) electrons. The summed E-state index contributed by atoms with van der Waals surface area (Å²) in [4.78, 5) is 11.9. The molecule has 2 aromatic rings. The molecule has 3 heteroatoms. The van der Waals surface area contributed by atoms with Gasteiger partial charge in [-0.1, -0.05) is 62.0 Å². The SMILES string of the molecule is C=CCOc1ccc(/C=C/C(=O)NC[C@@H](C)c2ccccc2)cc1. The van der Waals surface area contributed by atoms with Crippen molar-refractivity contribution in [1.29, 1.82) is 0 Å². The maximum Gasteiger partial charge on any atom is 0.244 e. The van der Waals surface area contributed by atoms with Gasteiger partial charge in [0.2, 0.25) is 5.91 Å². The predicted molar refractivity (Wildman–Crippen MR) is 99.0 cm³/mol. The fourth-order valence-corrected chi connectivity index (χ4v) is 2.21. The van der Waals surface area contributed by atoms with Gasteiger partial charge in [-0.25, -0.2) is 0 Å². The molecule has 0 saturated carbocycles. The number of hydrogen-bond donors (Lipinski definition) is 1. The van der Waals surface area contributed by atoms with Crippen LogP contribution in [0.5, 0.6) is 5.75 Å². The molecule has 0 spiro atoms. The highest BCUT2D eigenvalue weighted by atomic mass is 16.5. The third-order valence-electron chi connectivity index (χ3n) is 3.63. The van der Waals surface area contributed by atoms with E-state index in [1.165, 1.54) is 5.56 Å². The van der Waals surface area contributed by atoms with Crippen LogP contribution in [0.3, 0.4) is 0 Å². The van der Waals surface area contributed by atoms with Crippen LogP contribution in [0.1, 0.15) is 24.0 Å². The van der Waals surface area contributed by atoms with Crippen LogP contribution >= 0.6 is 0 Å². The molecule has 24 heavy (non-hydrogen) atoms. The topological polar surface area (TPSA) is 38.3 Å². The zero-order chi connectivity index (χ0) is 17.2. The molecule has 124 valence electrons. The number of benzene rings is 2. The van der Waals surface area contributed by atoms with Crippen molar-refractivity contribution in [2.45, 2.75) is 12.8 Å². The van der Waals surface area contributed by atoms with E-state index in [0.29, 0.717) is 13.2 Å². The lowest BCUT2D eigenvalue weighted by Crippen LogP contribution is -2.25. The normalized spacial score (nSPS) is 11.9. The van der Waals surface area contributed by atoms with Crippen LogP contribution in [0, 0.1) is 0 Å². The maximum atomic E-state index is 11.9. The largest absolute Gasteiger partial charge is 0.490 e. The summed E-state index contributed by atoms with van der Waals surface area (Å²) >= 11 is 0. The van der Waals surface area contributed by atoms with Gasteiger partial charge < -0.3 is 10.1 Å². The van der Waals surface area contributed by atoms with Crippen molar-refractivity contribution in [3.63, 3.8) is 0 Å². The molecule has 0 unspecified atom stereocenters. The van der Waals surface area contributed by atoms with Gasteiger partial charge in [-0.15, -0.1) is 0 Å². The van der Waals surface area contributed by atoms with Crippen molar-refractivity contribution in [2.75, 3.05) is 13.2 Å². The smallest absolute Gasteiger partial charge is 0.244 e. The highest BCUT2D eigenvalue weighted by Gasteiger charge is 2.05. The Bertz CT molecular complexity index is 675. The fourth-order valence-electron chi connectivity index (χ4n) is 2.21. The van der Waals surface area contributed by atoms with E-state index in [2.05, 4.69) is 31.0 Å². The second-order valence-electron chi connectivity index (χ2n) is 5.56. The lowest BCUT2D eigenvalue weighted by atomic mass is 10.0. The van der Waals surface area contributed by atoms with E-state index < -0.39 is 0 Å². The van der Waals surface area contributed by atoms with E-state index >= 15 is 0 Å². The van der Waals surface area contributed by atoms with E-state index in [0.717, 1.165) is 11.3 Å². The van der Waals surface area contributed by atoms with Gasteiger partial charge in [0.15, 0.2) is 0 Å². The summed E-state index contributed by atoms with van der Waals surface area (Å²) in [6.07, 6.45) is 5.05. The Morgan fingerprint density at radius 3 is 2.54 bits per heavy atom. The number of nitrogens with one attached hydrogen (secondary N) is 1. The number of carbonyl (C=O) groups excluding carboxylic acids is 1. The zero-order valence-corrected chi connectivity index (χ0v) is 13.9. The van der Waals surface area contributed by atoms with Gasteiger partial charge in [0.1, 0.15) is 12.4 Å². The van der Waals surface area contributed by atoms with Gasteiger partial charge in [-0.05, 0) is 35.3 Å². The first-order valence-electron chi connectivity index (χ1n) is 8.03. The van der Waals surface area contributed by atoms with Gasteiger partial charge in [0.25, 0.3) is 0 Å². The Morgan fingerprint density at radius 1 is 1.17 bits per heavy atom. The van der Waals surface area contributed by atoms with Crippen LogP contribution in [0.25, 0.3) is 6.08 Å². The molecular weight excluding hydrogens is 298 g/mol. The molecule has 0 aromatic heterocycles. The molecule has 0 bridgehead atoms. The Morgan fingerprint density at radius 2 is 1.88 bits per heavy atom. The number of carbonyl (C=O) groups is 1. The number of hydrogen-bond acceptors (Lipinski definition) is 2. The first-order chi connectivity index (χ1) is 11.7. The Labute approximate surface area is 143 Å². The van der Waals surface area contributed by atoms with Crippen molar-refractivity contribution in [1.82, 2.24) is 5.32 Å². The first-order valence-corrected chi connectivity index (χ1v) is 8.03. The van der Waals surface area contributed by atoms with Crippen LogP contribution in [-0.4, -0.2) is 19.1 Å². The third-order valence-corrected chi connectivity index (χ3v) is 3.63. The molecule has 0 aliphatic heterocycles. The average molecular weight is 321 g/mol. The molecule has 2 rings (SSSR count). The minimum Gasteiger partial charge on any atom is -0.490 e. The summed E-state index contributed by atoms with van der Waals surface area (Å²) in [6.45, 7) is 6.81. The van der Waals surface area contributed by atoms with Gasteiger partial charge in [0, 0.05) is 12.6 Å². The first kappa shape index (κ1) is 17.5. The molecule has 1 atom stereocenters. The molecule has 0 aliphatic carbocycles. The Hall–Kier alpha value is -2.81. The van der Waals surface area contributed by atoms with E-state index in [1.807, 2.05) is 42.5 Å². The zero-order valence-electron chi connectivity index (χ0n) is 13.9. The molecule has 1 N–H and O–H groups in total. The molecule has 0 fully saturated rings. The van der Waals surface area contributed by atoms with E-state index in [9.17, 15) is 4.79 Å². The summed E-state index contributed by atoms with van der Waals surface area (Å²) in [5.41, 5.74) is 2.17. The Kier molecular flexibility index (Phi) is 6.84. The van der Waals surface area contributed by atoms with Crippen molar-refractivity contribution in [2.24, 2.45) is 0 Å². The van der Waals surface area contributed by atoms with Gasteiger partial charge in [-0.2, -0.15) is 0 Å². The number of ether oxygens (including phenoxy) is 1. The third kappa shape index (κ3) is 5.76. The van der Waals surface area contributed by atoms with Crippen LogP contribution in [0.2, 0.25) is 0 Å². The molecule has 0 saturated heterocycles. The summed E-state index contributed by atoms with van der Waals surface area (Å²) in [5.74, 6) is 0.975. The van der Waals surface area contributed by atoms with Crippen molar-refractivity contribution < 1.29 is 9.53 Å². The fraction of sp³-hybridized carbons (Fsp3) is 0.190. The summed E-state index contributed by atoms with van der Waals surface area (Å²) in [7, 11) is 0. The second kappa shape index (κ2) is 9.36. The maximum absolute atomic E-state index is 11.9. The average Bonchev–Trinajstić information content (AvgIpc) is 2.64. The second-order valence-corrected chi connectivity index (χ2v) is 5.56. The lowest BCUT2D eigenvalue weighted by Gasteiger charge is -2.11. The van der Waals surface area contributed by atoms with Crippen molar-refractivity contribution >= 4 is 12.0 Å². The van der Waals surface area contributed by atoms with Gasteiger partial charge >= 0.3 is 0 Å². The van der Waals surface area contributed by atoms with Crippen molar-refractivity contribution in [3.05, 3.63) is 84.5 Å². The minimum atomic E-state index is -0.0928. The molecule has 3 nitrogen and oxygen atoms in total. The van der Waals surface area contributed by atoms with Crippen LogP contribution in [-0.2, 0) is 4.79 Å². The van der Waals surface area contributed by atoms with E-state index in [1.54, 1.807) is 18.2 Å². The van der Waals surface area contributed by atoms with E-state index in [4.69, 9.17) is 4.74 Å². The van der Waals surface area contributed by atoms with Crippen molar-refractivity contribution in [3.8, 4) is 5.75 Å². The summed E-state index contributed by atoms with van der Waals surface area (Å²) < 4.78 is 5.42. The van der Waals surface area contributed by atoms with Crippen LogP contribution in [0.4, 0.5) is 0 Å². The highest BCUT2D eigenvalue weighted by Crippen LogP contribution is 2.14. The molecular formula is C21H23NO2. The minimum absolute atomic E-state index is 0.0928. The van der Waals surface area contributed by atoms with Gasteiger partial charge in [-0.3, -0.25) is 4.79 Å². The molecule has 0 heterocycles. The Balaban J connectivity index is 1.81. The van der Waals surface area contributed by atoms with E-state index in [-0.39, 0.29) is 11.8 Å². The quantitative estimate of drug-likeness (QED) is 0.585.